The molecule has 0 saturated carbocycles. The number of fused-ring (bicyclic) bond motifs is 1. The SMILES string of the molecule is CCCCOc1cccc(N2CCC(c3[nH]nc4cc(F)ccc34)CC2)c1C. The van der Waals surface area contributed by atoms with Crippen molar-refractivity contribution in [2.24, 2.45) is 0 Å². The number of nitrogens with one attached hydrogen (secondary N) is 1. The van der Waals surface area contributed by atoms with E-state index in [1.165, 1.54) is 23.4 Å². The van der Waals surface area contributed by atoms with Crippen LogP contribution in [0.1, 0.15) is 49.8 Å². The molecule has 0 amide bonds. The summed E-state index contributed by atoms with van der Waals surface area (Å²) in [6.45, 7) is 7.09. The van der Waals surface area contributed by atoms with E-state index in [0.717, 1.165) is 62.2 Å². The van der Waals surface area contributed by atoms with Gasteiger partial charge in [-0.15, -0.1) is 0 Å². The number of unbranched alkanes of at least 4 members (excludes halogenated alkanes) is 1. The zero-order valence-corrected chi connectivity index (χ0v) is 16.7. The van der Waals surface area contributed by atoms with Crippen LogP contribution >= 0.6 is 0 Å². The lowest BCUT2D eigenvalue weighted by molar-refractivity contribution is 0.307. The number of H-pyrrole nitrogens is 1. The lowest BCUT2D eigenvalue weighted by atomic mass is 9.91. The first-order valence-electron chi connectivity index (χ1n) is 10.3. The van der Waals surface area contributed by atoms with Crippen molar-refractivity contribution in [2.75, 3.05) is 24.6 Å². The van der Waals surface area contributed by atoms with Gasteiger partial charge < -0.3 is 9.64 Å². The minimum Gasteiger partial charge on any atom is -0.493 e. The molecule has 1 aliphatic heterocycles. The number of nitrogens with zero attached hydrogens (tertiary/aromatic N) is 2. The molecule has 3 aromatic rings. The molecule has 148 valence electrons. The summed E-state index contributed by atoms with van der Waals surface area (Å²) in [5, 5.41) is 8.50. The van der Waals surface area contributed by atoms with E-state index in [2.05, 4.69) is 47.1 Å². The smallest absolute Gasteiger partial charge is 0.125 e. The van der Waals surface area contributed by atoms with E-state index >= 15 is 0 Å². The third kappa shape index (κ3) is 3.71. The van der Waals surface area contributed by atoms with Gasteiger partial charge in [-0.05, 0) is 50.5 Å². The quantitative estimate of drug-likeness (QED) is 0.567. The van der Waals surface area contributed by atoms with Crippen LogP contribution in [-0.2, 0) is 0 Å². The molecule has 5 heteroatoms. The van der Waals surface area contributed by atoms with E-state index in [1.54, 1.807) is 0 Å². The summed E-state index contributed by atoms with van der Waals surface area (Å²) in [7, 11) is 0. The molecular weight excluding hydrogens is 353 g/mol. The summed E-state index contributed by atoms with van der Waals surface area (Å²) in [6, 6.07) is 11.2. The maximum atomic E-state index is 13.4. The minimum absolute atomic E-state index is 0.239. The van der Waals surface area contributed by atoms with Crippen LogP contribution in [0.3, 0.4) is 0 Å². The van der Waals surface area contributed by atoms with Crippen LogP contribution in [-0.4, -0.2) is 29.9 Å². The van der Waals surface area contributed by atoms with Gasteiger partial charge in [0.05, 0.1) is 12.1 Å². The highest BCUT2D eigenvalue weighted by atomic mass is 19.1. The first kappa shape index (κ1) is 18.8. The second-order valence-electron chi connectivity index (χ2n) is 7.66. The number of rotatable bonds is 6. The normalized spacial score (nSPS) is 15.3. The molecular formula is C23H28FN3O. The van der Waals surface area contributed by atoms with Crippen LogP contribution < -0.4 is 9.64 Å². The number of aromatic nitrogens is 2. The first-order chi connectivity index (χ1) is 13.7. The van der Waals surface area contributed by atoms with Gasteiger partial charge in [0.1, 0.15) is 11.6 Å². The predicted molar refractivity (Wildman–Crippen MR) is 112 cm³/mol. The number of piperidine rings is 1. The molecule has 0 spiro atoms. The molecule has 0 unspecified atom stereocenters. The van der Waals surface area contributed by atoms with E-state index in [9.17, 15) is 4.39 Å². The molecule has 2 heterocycles. The van der Waals surface area contributed by atoms with Gasteiger partial charge in [-0.2, -0.15) is 5.10 Å². The van der Waals surface area contributed by atoms with Gasteiger partial charge in [0, 0.05) is 47.4 Å². The van der Waals surface area contributed by atoms with Crippen LogP contribution in [0, 0.1) is 12.7 Å². The van der Waals surface area contributed by atoms with Gasteiger partial charge in [0.15, 0.2) is 0 Å². The Bertz CT molecular complexity index is 944. The molecule has 4 nitrogen and oxygen atoms in total. The molecule has 1 saturated heterocycles. The molecule has 2 aromatic carbocycles. The number of hydrogen-bond donors (Lipinski definition) is 1. The van der Waals surface area contributed by atoms with E-state index < -0.39 is 0 Å². The maximum absolute atomic E-state index is 13.4. The monoisotopic (exact) mass is 381 g/mol. The van der Waals surface area contributed by atoms with Crippen molar-refractivity contribution in [2.45, 2.75) is 45.4 Å². The number of benzene rings is 2. The molecule has 1 fully saturated rings. The topological polar surface area (TPSA) is 41.1 Å². The van der Waals surface area contributed by atoms with Gasteiger partial charge in [0.2, 0.25) is 0 Å². The fourth-order valence-electron chi connectivity index (χ4n) is 4.15. The minimum atomic E-state index is -0.239. The Kier molecular flexibility index (Phi) is 5.51. The van der Waals surface area contributed by atoms with Crippen LogP contribution in [0.25, 0.3) is 10.9 Å². The highest BCUT2D eigenvalue weighted by Crippen LogP contribution is 2.36. The maximum Gasteiger partial charge on any atom is 0.125 e. The standard InChI is InChI=1S/C23H28FN3O/c1-3-4-14-28-22-7-5-6-21(16(22)2)27-12-10-17(11-13-27)23-19-9-8-18(24)15-20(19)25-26-23/h5-9,15,17H,3-4,10-14H2,1-2H3,(H,25,26). The Morgan fingerprint density at radius 3 is 2.82 bits per heavy atom. The lowest BCUT2D eigenvalue weighted by Gasteiger charge is -2.34. The number of aromatic amines is 1. The van der Waals surface area contributed by atoms with Crippen LogP contribution in [0.5, 0.6) is 5.75 Å². The fourth-order valence-corrected chi connectivity index (χ4v) is 4.15. The molecule has 0 bridgehead atoms. The Labute approximate surface area is 165 Å². The zero-order valence-electron chi connectivity index (χ0n) is 16.7. The fraction of sp³-hybridized carbons (Fsp3) is 0.435. The second kappa shape index (κ2) is 8.21. The van der Waals surface area contributed by atoms with Crippen molar-refractivity contribution in [3.05, 3.63) is 53.5 Å². The Morgan fingerprint density at radius 2 is 2.04 bits per heavy atom. The van der Waals surface area contributed by atoms with E-state index in [4.69, 9.17) is 4.74 Å². The highest BCUT2D eigenvalue weighted by molar-refractivity contribution is 5.81. The summed E-state index contributed by atoms with van der Waals surface area (Å²) in [4.78, 5) is 2.46. The van der Waals surface area contributed by atoms with Crippen molar-refractivity contribution in [1.29, 1.82) is 0 Å². The molecule has 28 heavy (non-hydrogen) atoms. The van der Waals surface area contributed by atoms with E-state index in [1.807, 2.05) is 6.07 Å². The van der Waals surface area contributed by atoms with Crippen LogP contribution in [0.15, 0.2) is 36.4 Å². The molecule has 1 N–H and O–H groups in total. The zero-order chi connectivity index (χ0) is 19.5. The summed E-state index contributed by atoms with van der Waals surface area (Å²) in [5.41, 5.74) is 4.34. The Morgan fingerprint density at radius 1 is 1.21 bits per heavy atom. The third-order valence-electron chi connectivity index (χ3n) is 5.80. The average Bonchev–Trinajstić information content (AvgIpc) is 3.12. The van der Waals surface area contributed by atoms with Crippen LogP contribution in [0.2, 0.25) is 0 Å². The van der Waals surface area contributed by atoms with Crippen molar-refractivity contribution in [3.8, 4) is 5.75 Å². The summed E-state index contributed by atoms with van der Waals surface area (Å²) in [5.74, 6) is 1.18. The second-order valence-corrected chi connectivity index (χ2v) is 7.66. The predicted octanol–water partition coefficient (Wildman–Crippen LogP) is 5.57. The van der Waals surface area contributed by atoms with Crippen molar-refractivity contribution < 1.29 is 9.13 Å². The summed E-state index contributed by atoms with van der Waals surface area (Å²) < 4.78 is 19.4. The number of ether oxygens (including phenoxy) is 1. The third-order valence-corrected chi connectivity index (χ3v) is 5.80. The van der Waals surface area contributed by atoms with Gasteiger partial charge in [-0.3, -0.25) is 5.10 Å². The molecule has 0 atom stereocenters. The van der Waals surface area contributed by atoms with Gasteiger partial charge >= 0.3 is 0 Å². The van der Waals surface area contributed by atoms with E-state index in [0.29, 0.717) is 11.4 Å². The molecule has 0 radical (unpaired) electrons. The number of hydrogen-bond acceptors (Lipinski definition) is 3. The molecule has 1 aromatic heterocycles. The van der Waals surface area contributed by atoms with Crippen molar-refractivity contribution in [3.63, 3.8) is 0 Å². The average molecular weight is 381 g/mol. The van der Waals surface area contributed by atoms with Gasteiger partial charge in [-0.25, -0.2) is 4.39 Å². The Hall–Kier alpha value is -2.56. The lowest BCUT2D eigenvalue weighted by Crippen LogP contribution is -2.33. The number of anilines is 1. The summed E-state index contributed by atoms with van der Waals surface area (Å²) >= 11 is 0. The van der Waals surface area contributed by atoms with Crippen molar-refractivity contribution in [1.82, 2.24) is 10.2 Å². The number of halogens is 1. The molecule has 4 rings (SSSR count). The molecule has 1 aliphatic rings. The first-order valence-corrected chi connectivity index (χ1v) is 10.3. The van der Waals surface area contributed by atoms with E-state index in [-0.39, 0.29) is 5.82 Å². The van der Waals surface area contributed by atoms with Crippen LogP contribution in [0.4, 0.5) is 10.1 Å². The van der Waals surface area contributed by atoms with Gasteiger partial charge in [-0.1, -0.05) is 19.4 Å². The largest absolute Gasteiger partial charge is 0.493 e. The molecule has 0 aliphatic carbocycles. The highest BCUT2D eigenvalue weighted by Gasteiger charge is 2.25. The Balaban J connectivity index is 1.46. The van der Waals surface area contributed by atoms with Gasteiger partial charge in [0.25, 0.3) is 0 Å². The van der Waals surface area contributed by atoms with Crippen molar-refractivity contribution >= 4 is 16.6 Å². The summed E-state index contributed by atoms with van der Waals surface area (Å²) in [6.07, 6.45) is 4.32.